The first-order valence-corrected chi connectivity index (χ1v) is 9.21. The summed E-state index contributed by atoms with van der Waals surface area (Å²) in [6.07, 6.45) is -5.46. The van der Waals surface area contributed by atoms with Crippen LogP contribution in [0.3, 0.4) is 0 Å². The number of hydrogen-bond donors (Lipinski definition) is 3. The fraction of sp³-hybridized carbons (Fsp3) is 0.421. The Morgan fingerprint density at radius 3 is 2.31 bits per heavy atom. The van der Waals surface area contributed by atoms with Crippen molar-refractivity contribution < 1.29 is 43.1 Å². The molecule has 0 amide bonds. The van der Waals surface area contributed by atoms with Gasteiger partial charge in [0.05, 0.1) is 33.1 Å². The van der Waals surface area contributed by atoms with Gasteiger partial charge in [0.15, 0.2) is 17.7 Å². The number of methoxy groups -OCH3 is 3. The van der Waals surface area contributed by atoms with Crippen LogP contribution in [-0.4, -0.2) is 72.0 Å². The van der Waals surface area contributed by atoms with E-state index in [9.17, 15) is 29.0 Å². The Bertz CT molecular complexity index is 1090. The van der Waals surface area contributed by atoms with Crippen molar-refractivity contribution in [1.82, 2.24) is 9.55 Å². The van der Waals surface area contributed by atoms with Crippen LogP contribution >= 0.6 is 0 Å². The van der Waals surface area contributed by atoms with Crippen LogP contribution in [0.15, 0.2) is 27.9 Å². The Hall–Kier alpha value is -3.42. The highest BCUT2D eigenvalue weighted by Crippen LogP contribution is 2.38. The zero-order valence-electron chi connectivity index (χ0n) is 17.2. The first kappa shape index (κ1) is 23.2. The number of aromatic amines is 1. The number of carbonyl (C=O) groups is 1. The average Bonchev–Trinajstić information content (AvgIpc) is 3.07. The molecule has 1 aromatic heterocycles. The summed E-state index contributed by atoms with van der Waals surface area (Å²) in [7, 11) is 4.15. The molecule has 1 saturated heterocycles. The van der Waals surface area contributed by atoms with Crippen molar-refractivity contribution in [3.05, 3.63) is 50.5 Å². The van der Waals surface area contributed by atoms with Crippen LogP contribution in [0.1, 0.15) is 16.6 Å². The SMILES string of the molecule is COc1cc(C(=O)OCC2OC(n3cc(F)c(=O)[nH]c3=O)C(O)C2O)cc(OC)c1OC. The van der Waals surface area contributed by atoms with Crippen LogP contribution in [0.25, 0.3) is 0 Å². The largest absolute Gasteiger partial charge is 0.493 e. The van der Waals surface area contributed by atoms with E-state index in [0.29, 0.717) is 10.8 Å². The van der Waals surface area contributed by atoms with E-state index in [0.717, 1.165) is 0 Å². The normalized spacial score (nSPS) is 22.4. The van der Waals surface area contributed by atoms with E-state index in [2.05, 4.69) is 0 Å². The van der Waals surface area contributed by atoms with Crippen LogP contribution in [0.4, 0.5) is 4.39 Å². The Kier molecular flexibility index (Phi) is 6.81. The summed E-state index contributed by atoms with van der Waals surface area (Å²) >= 11 is 0. The summed E-state index contributed by atoms with van der Waals surface area (Å²) in [4.78, 5) is 37.3. The second-order valence-corrected chi connectivity index (χ2v) is 6.70. The number of halogens is 1. The number of hydrogen-bond acceptors (Lipinski definition) is 10. The first-order valence-electron chi connectivity index (χ1n) is 9.21. The minimum Gasteiger partial charge on any atom is -0.493 e. The van der Waals surface area contributed by atoms with Gasteiger partial charge in [-0.3, -0.25) is 14.3 Å². The average molecular weight is 456 g/mol. The predicted octanol–water partition coefficient (Wildman–Crippen LogP) is -0.822. The lowest BCUT2D eigenvalue weighted by molar-refractivity contribution is -0.0602. The molecule has 0 radical (unpaired) electrons. The van der Waals surface area contributed by atoms with Crippen molar-refractivity contribution in [2.45, 2.75) is 24.5 Å². The predicted molar refractivity (Wildman–Crippen MR) is 104 cm³/mol. The van der Waals surface area contributed by atoms with E-state index >= 15 is 0 Å². The van der Waals surface area contributed by atoms with E-state index < -0.39 is 54.2 Å². The Morgan fingerprint density at radius 2 is 1.75 bits per heavy atom. The molecule has 12 nitrogen and oxygen atoms in total. The second-order valence-electron chi connectivity index (χ2n) is 6.70. The van der Waals surface area contributed by atoms with Crippen LogP contribution in [0.2, 0.25) is 0 Å². The summed E-state index contributed by atoms with van der Waals surface area (Å²) in [5.41, 5.74) is -2.25. The number of H-pyrrole nitrogens is 1. The highest BCUT2D eigenvalue weighted by Gasteiger charge is 2.45. The molecule has 1 aliphatic rings. The lowest BCUT2D eigenvalue weighted by Crippen LogP contribution is -2.38. The molecule has 0 saturated carbocycles. The van der Waals surface area contributed by atoms with Crippen molar-refractivity contribution in [2.24, 2.45) is 0 Å². The number of aliphatic hydroxyl groups is 2. The molecule has 2 aromatic rings. The third-order valence-corrected chi connectivity index (χ3v) is 4.81. The van der Waals surface area contributed by atoms with Crippen LogP contribution in [-0.2, 0) is 9.47 Å². The molecular formula is C19H21FN2O10. The summed E-state index contributed by atoms with van der Waals surface area (Å²) in [6, 6.07) is 2.71. The number of ether oxygens (including phenoxy) is 5. The zero-order chi connectivity index (χ0) is 23.6. The molecule has 0 bridgehead atoms. The van der Waals surface area contributed by atoms with Crippen molar-refractivity contribution in [2.75, 3.05) is 27.9 Å². The molecule has 0 aliphatic carbocycles. The third kappa shape index (κ3) is 4.30. The smallest absolute Gasteiger partial charge is 0.338 e. The lowest BCUT2D eigenvalue weighted by Gasteiger charge is -2.17. The van der Waals surface area contributed by atoms with Gasteiger partial charge in [-0.2, -0.15) is 4.39 Å². The van der Waals surface area contributed by atoms with Gasteiger partial charge in [0, 0.05) is 0 Å². The van der Waals surface area contributed by atoms with Gasteiger partial charge in [0.25, 0.3) is 5.56 Å². The highest BCUT2D eigenvalue weighted by molar-refractivity contribution is 5.91. The van der Waals surface area contributed by atoms with Crippen molar-refractivity contribution in [3.63, 3.8) is 0 Å². The van der Waals surface area contributed by atoms with Crippen molar-refractivity contribution >= 4 is 5.97 Å². The Balaban J connectivity index is 1.75. The third-order valence-electron chi connectivity index (χ3n) is 4.81. The molecule has 3 N–H and O–H groups in total. The number of nitrogens with one attached hydrogen (secondary N) is 1. The van der Waals surface area contributed by atoms with E-state index in [-0.39, 0.29) is 22.8 Å². The monoisotopic (exact) mass is 456 g/mol. The van der Waals surface area contributed by atoms with Crippen molar-refractivity contribution in [3.8, 4) is 17.2 Å². The van der Waals surface area contributed by atoms with E-state index in [1.807, 2.05) is 0 Å². The molecule has 174 valence electrons. The van der Waals surface area contributed by atoms with Gasteiger partial charge in [-0.25, -0.2) is 9.59 Å². The van der Waals surface area contributed by atoms with E-state index in [1.54, 1.807) is 4.98 Å². The Morgan fingerprint density at radius 1 is 1.12 bits per heavy atom. The minimum absolute atomic E-state index is 0.0445. The summed E-state index contributed by atoms with van der Waals surface area (Å²) in [5.74, 6) is -1.42. The van der Waals surface area contributed by atoms with Gasteiger partial charge in [0.1, 0.15) is 24.9 Å². The van der Waals surface area contributed by atoms with Crippen LogP contribution < -0.4 is 25.5 Å². The van der Waals surface area contributed by atoms with Gasteiger partial charge in [-0.05, 0) is 12.1 Å². The second kappa shape index (κ2) is 9.38. The van der Waals surface area contributed by atoms with Crippen LogP contribution in [0.5, 0.6) is 17.2 Å². The zero-order valence-corrected chi connectivity index (χ0v) is 17.2. The quantitative estimate of drug-likeness (QED) is 0.449. The maximum Gasteiger partial charge on any atom is 0.338 e. The first-order chi connectivity index (χ1) is 15.2. The number of nitrogens with zero attached hydrogens (tertiary/aromatic N) is 1. The number of carbonyl (C=O) groups excluding carboxylic acids is 1. The van der Waals surface area contributed by atoms with Gasteiger partial charge in [-0.15, -0.1) is 0 Å². The Labute approximate surface area is 179 Å². The molecule has 1 aromatic carbocycles. The number of aromatic nitrogens is 2. The number of rotatable bonds is 7. The summed E-state index contributed by atoms with van der Waals surface area (Å²) in [5, 5.41) is 20.4. The molecule has 4 unspecified atom stereocenters. The lowest BCUT2D eigenvalue weighted by atomic mass is 10.1. The maximum absolute atomic E-state index is 13.6. The molecule has 13 heteroatoms. The molecular weight excluding hydrogens is 435 g/mol. The van der Waals surface area contributed by atoms with Gasteiger partial charge >= 0.3 is 11.7 Å². The molecule has 3 rings (SSSR count). The minimum atomic E-state index is -1.66. The summed E-state index contributed by atoms with van der Waals surface area (Å²) < 4.78 is 40.2. The molecule has 32 heavy (non-hydrogen) atoms. The molecule has 1 fully saturated rings. The molecule has 0 spiro atoms. The number of aliphatic hydroxyl groups excluding tert-OH is 2. The summed E-state index contributed by atoms with van der Waals surface area (Å²) in [6.45, 7) is -0.509. The fourth-order valence-electron chi connectivity index (χ4n) is 3.19. The molecule has 1 aliphatic heterocycles. The van der Waals surface area contributed by atoms with Gasteiger partial charge in [0.2, 0.25) is 11.6 Å². The van der Waals surface area contributed by atoms with E-state index in [4.69, 9.17) is 23.7 Å². The topological polar surface area (TPSA) is 159 Å². The molecule has 4 atom stereocenters. The van der Waals surface area contributed by atoms with Crippen molar-refractivity contribution in [1.29, 1.82) is 0 Å². The van der Waals surface area contributed by atoms with Crippen LogP contribution in [0, 0.1) is 5.82 Å². The number of esters is 1. The number of benzene rings is 1. The maximum atomic E-state index is 13.6. The van der Waals surface area contributed by atoms with Gasteiger partial charge < -0.3 is 33.9 Å². The standard InChI is InChI=1S/C19H21FN2O10/c1-28-10-4-8(5-11(29-2)15(10)30-3)18(26)31-7-12-13(23)14(24)17(32-12)22-6-9(20)16(25)21-19(22)27/h4-6,12-14,17,23-24H,7H2,1-3H3,(H,21,25,27). The van der Waals surface area contributed by atoms with E-state index in [1.165, 1.54) is 33.5 Å². The highest BCUT2D eigenvalue weighted by atomic mass is 19.1. The molecule has 2 heterocycles. The van der Waals surface area contributed by atoms with Gasteiger partial charge in [-0.1, -0.05) is 0 Å². The fourth-order valence-corrected chi connectivity index (χ4v) is 3.19.